The van der Waals surface area contributed by atoms with Crippen molar-refractivity contribution < 1.29 is 13.7 Å². The van der Waals surface area contributed by atoms with E-state index in [9.17, 15) is 11.0 Å². The fourth-order valence-electron chi connectivity index (χ4n) is 14.4. The van der Waals surface area contributed by atoms with Crippen LogP contribution in [0.5, 0.6) is 0 Å². The van der Waals surface area contributed by atoms with Crippen molar-refractivity contribution in [3.63, 3.8) is 0 Å². The van der Waals surface area contributed by atoms with Crippen LogP contribution in [0.2, 0.25) is 5.02 Å². The zero-order valence-corrected chi connectivity index (χ0v) is 58.6. The van der Waals surface area contributed by atoms with E-state index >= 15 is 0 Å². The van der Waals surface area contributed by atoms with Crippen LogP contribution >= 0.6 is 11.6 Å². The third-order valence-electron chi connectivity index (χ3n) is 19.5. The van der Waals surface area contributed by atoms with Crippen molar-refractivity contribution in [2.45, 2.75) is 84.0 Å². The maximum atomic E-state index is 9.92. The molecule has 0 aromatic heterocycles. The highest BCUT2D eigenvalue weighted by atomic mass is 35.5. The second-order valence-corrected chi connectivity index (χ2v) is 29.6. The Hall–Kier alpha value is -11.0. The predicted molar refractivity (Wildman–Crippen MR) is 427 cm³/mol. The Kier molecular flexibility index (Phi) is 14.2. The molecule has 0 aliphatic heterocycles. The highest BCUT2D eigenvalue weighted by Crippen LogP contribution is 2.60. The van der Waals surface area contributed by atoms with Crippen molar-refractivity contribution in [2.75, 3.05) is 9.80 Å². The van der Waals surface area contributed by atoms with Gasteiger partial charge < -0.3 is 9.80 Å². The van der Waals surface area contributed by atoms with Gasteiger partial charge in [-0.15, -0.1) is 0 Å². The summed E-state index contributed by atoms with van der Waals surface area (Å²) in [6.07, 6.45) is 0. The third-order valence-corrected chi connectivity index (χ3v) is 19.8. The maximum Gasteiger partial charge on any atom is 0.0719 e. The first-order chi connectivity index (χ1) is 52.5. The summed E-state index contributed by atoms with van der Waals surface area (Å²) in [5, 5.41) is 0.566. The number of benzene rings is 14. The van der Waals surface area contributed by atoms with Gasteiger partial charge >= 0.3 is 0 Å². The number of anilines is 6. The summed E-state index contributed by atoms with van der Waals surface area (Å²) in [6, 6.07) is 90.7. The van der Waals surface area contributed by atoms with Gasteiger partial charge in [0.2, 0.25) is 0 Å². The molecule has 0 atom stereocenters. The lowest BCUT2D eigenvalue weighted by atomic mass is 9.66. The lowest BCUT2D eigenvalue weighted by molar-refractivity contribution is 0.569. The van der Waals surface area contributed by atoms with Gasteiger partial charge in [0.25, 0.3) is 0 Å². The average molecular weight is 1320 g/mol. The minimum absolute atomic E-state index is 0.207. The van der Waals surface area contributed by atoms with E-state index in [2.05, 4.69) is 254 Å². The number of fused-ring (bicyclic) bond motifs is 3. The second kappa shape index (κ2) is 26.3. The van der Waals surface area contributed by atoms with Gasteiger partial charge in [-0.3, -0.25) is 0 Å². The molecule has 1 aliphatic carbocycles. The summed E-state index contributed by atoms with van der Waals surface area (Å²) >= 11 is 7.24. The summed E-state index contributed by atoms with van der Waals surface area (Å²) in [5.41, 5.74) is 18.3. The smallest absolute Gasteiger partial charge is 0.0719 e. The Labute approximate surface area is 611 Å². The minimum Gasteiger partial charge on any atom is -0.310 e. The molecular formula is C97H83ClN2. The number of halogens is 1. The summed E-state index contributed by atoms with van der Waals surface area (Å²) in [4.78, 5) is 4.72. The molecule has 0 spiro atoms. The van der Waals surface area contributed by atoms with E-state index in [0.29, 0.717) is 38.4 Å². The van der Waals surface area contributed by atoms with Crippen LogP contribution in [0.3, 0.4) is 0 Å². The van der Waals surface area contributed by atoms with Crippen molar-refractivity contribution in [1.29, 1.82) is 0 Å². The third kappa shape index (κ3) is 12.3. The summed E-state index contributed by atoms with van der Waals surface area (Å²) in [6.45, 7) is 20.3. The molecule has 488 valence electrons. The van der Waals surface area contributed by atoms with Crippen LogP contribution in [-0.2, 0) is 21.7 Å². The van der Waals surface area contributed by atoms with Gasteiger partial charge in [-0.25, -0.2) is 0 Å². The van der Waals surface area contributed by atoms with Gasteiger partial charge in [-0.2, -0.15) is 0 Å². The number of nitrogens with zero attached hydrogens (tertiary/aromatic N) is 2. The summed E-state index contributed by atoms with van der Waals surface area (Å²) in [7, 11) is 0. The molecule has 2 nitrogen and oxygen atoms in total. The highest BCUT2D eigenvalue weighted by Gasteiger charge is 2.47. The van der Waals surface area contributed by atoms with Crippen molar-refractivity contribution in [3.8, 4) is 77.9 Å². The van der Waals surface area contributed by atoms with E-state index in [-0.39, 0.29) is 27.4 Å². The van der Waals surface area contributed by atoms with Crippen LogP contribution < -0.4 is 9.80 Å². The molecule has 14 aromatic carbocycles. The average Bonchev–Trinajstić information content (AvgIpc) is 1.50. The molecule has 0 amide bonds. The normalized spacial score (nSPS) is 14.0. The monoisotopic (exact) mass is 1320 g/mol. The molecule has 0 saturated carbocycles. The van der Waals surface area contributed by atoms with E-state index in [1.54, 1.807) is 12.1 Å². The Morgan fingerprint density at radius 2 is 0.740 bits per heavy atom. The van der Waals surface area contributed by atoms with Crippen LogP contribution in [0, 0.1) is 0 Å². The lowest BCUT2D eigenvalue weighted by Gasteiger charge is -2.35. The maximum absolute atomic E-state index is 9.92. The van der Waals surface area contributed by atoms with Crippen LogP contribution in [0.15, 0.2) is 339 Å². The fourth-order valence-corrected chi connectivity index (χ4v) is 14.6. The molecule has 0 saturated heterocycles. The van der Waals surface area contributed by atoms with Gasteiger partial charge in [0.1, 0.15) is 0 Å². The van der Waals surface area contributed by atoms with Crippen LogP contribution in [0.4, 0.5) is 34.1 Å². The van der Waals surface area contributed by atoms with E-state index in [0.717, 1.165) is 89.8 Å². The minimum atomic E-state index is -2.10. The number of hydrogen-bond acceptors (Lipinski definition) is 2. The number of hydrogen-bond donors (Lipinski definition) is 0. The van der Waals surface area contributed by atoms with Crippen molar-refractivity contribution >= 4 is 45.7 Å². The molecule has 1 aliphatic rings. The second-order valence-electron chi connectivity index (χ2n) is 29.1. The Bertz CT molecular complexity index is 5710. The Morgan fingerprint density at radius 3 is 1.28 bits per heavy atom. The van der Waals surface area contributed by atoms with E-state index in [1.807, 2.05) is 84.9 Å². The zero-order valence-electron chi connectivity index (χ0n) is 67.8. The van der Waals surface area contributed by atoms with Gasteiger partial charge in [0.05, 0.1) is 30.5 Å². The van der Waals surface area contributed by atoms with Gasteiger partial charge in [-0.1, -0.05) is 341 Å². The lowest BCUT2D eigenvalue weighted by Crippen LogP contribution is -2.29. The molecule has 14 aromatic rings. The predicted octanol–water partition coefficient (Wildman–Crippen LogP) is 27.5. The molecule has 15 rings (SSSR count). The van der Waals surface area contributed by atoms with Crippen molar-refractivity contribution in [2.24, 2.45) is 0 Å². The van der Waals surface area contributed by atoms with Gasteiger partial charge in [0.15, 0.2) is 0 Å². The molecule has 100 heavy (non-hydrogen) atoms. The van der Waals surface area contributed by atoms with E-state index in [4.69, 9.17) is 14.3 Å². The van der Waals surface area contributed by atoms with Gasteiger partial charge in [0, 0.05) is 44.5 Å². The molecular weight excluding hydrogens is 1230 g/mol. The van der Waals surface area contributed by atoms with Crippen LogP contribution in [0.1, 0.15) is 115 Å². The molecule has 0 heterocycles. The Morgan fingerprint density at radius 1 is 0.290 bits per heavy atom. The quantitative estimate of drug-likeness (QED) is 0.107. The van der Waals surface area contributed by atoms with Gasteiger partial charge in [-0.05, 0) is 189 Å². The number of rotatable bonds is 14. The molecule has 3 heteroatoms. The first-order valence-electron chi connectivity index (χ1n) is 39.2. The van der Waals surface area contributed by atoms with Crippen molar-refractivity contribution in [1.82, 2.24) is 0 Å². The van der Waals surface area contributed by atoms with E-state index in [1.165, 1.54) is 16.7 Å². The topological polar surface area (TPSA) is 6.48 Å². The molecule has 0 bridgehead atoms. The van der Waals surface area contributed by atoms with Crippen LogP contribution in [0.25, 0.3) is 77.9 Å². The zero-order chi connectivity index (χ0) is 77.6. The standard InChI is InChI=1S/C97H83ClN2/c1-94(2,3)76-52-55-91(87(63-76)67-34-18-11-19-35-67)99(81-45-30-44-79(98)64-81)82-58-72(71-56-77(95(4,5)6)62-78(57-71)96(7,8)9)59-83(65-82)100(93-88(68-36-20-12-21-37-68)60-73(66-32-16-10-17-33-66)61-89(93)69-38-22-13-23-39-69)80-53-50-70(51-54-80)84-47-31-48-86-85-46-28-29-49-90(85)97(92(84)86,74-40-24-14-25-41-74)75-42-26-15-27-43-75/h10-65H,1-9H3/i14D,15D,24D,25D,26D,27D,40D,41D,42D,43D. The fraction of sp³-hybridized carbons (Fsp3) is 0.134. The Balaban J connectivity index is 1.09. The van der Waals surface area contributed by atoms with Crippen LogP contribution in [-0.4, -0.2) is 0 Å². The summed E-state index contributed by atoms with van der Waals surface area (Å²) in [5.74, 6) is 0. The SMILES string of the molecule is [2H]c1c([2H])c([2H])c(C2(c3c([2H])c([2H])c([2H])c([2H])c3[2H])c3ccccc3-c3cccc(-c4ccc(N(c5cc(-c6cc(C(C)(C)C)cc(C(C)(C)C)c6)cc(N(c6cccc(Cl)c6)c6ccc(C(C)(C)C)cc6-c6ccccc6)c5)c5c(-c6ccccc6)cc(-c6ccccc6)cc5-c5ccccc5)cc4)c32)c([2H])c1[2H]. The van der Waals surface area contributed by atoms with E-state index < -0.39 is 65.8 Å². The largest absolute Gasteiger partial charge is 0.310 e. The molecule has 0 unspecified atom stereocenters. The molecule has 0 N–H and O–H groups in total. The first kappa shape index (κ1) is 53.9. The highest BCUT2D eigenvalue weighted by molar-refractivity contribution is 6.31. The molecule has 0 fully saturated rings. The van der Waals surface area contributed by atoms with Crippen molar-refractivity contribution in [3.05, 3.63) is 383 Å². The molecule has 0 radical (unpaired) electrons. The first-order valence-corrected chi connectivity index (χ1v) is 34.6. The summed E-state index contributed by atoms with van der Waals surface area (Å²) < 4.78 is 94.6.